The summed E-state index contributed by atoms with van der Waals surface area (Å²) in [4.78, 5) is 11.6. The first-order valence-corrected chi connectivity index (χ1v) is 5.20. The largest absolute Gasteiger partial charge is 0.359 e. The zero-order valence-electron chi connectivity index (χ0n) is 9.08. The molecular weight excluding hydrogens is 180 g/mol. The van der Waals surface area contributed by atoms with Gasteiger partial charge in [-0.1, -0.05) is 13.8 Å². The van der Waals surface area contributed by atoms with Crippen LogP contribution in [0, 0.1) is 17.3 Å². The van der Waals surface area contributed by atoms with Crippen molar-refractivity contribution in [3.8, 4) is 0 Å². The lowest BCUT2D eigenvalue weighted by Gasteiger charge is -2.19. The van der Waals surface area contributed by atoms with Gasteiger partial charge in [0.2, 0.25) is 0 Å². The van der Waals surface area contributed by atoms with Gasteiger partial charge >= 0.3 is 0 Å². The van der Waals surface area contributed by atoms with Crippen molar-refractivity contribution in [2.45, 2.75) is 32.8 Å². The molecule has 0 spiro atoms. The van der Waals surface area contributed by atoms with Crippen LogP contribution < -0.4 is 0 Å². The Bertz CT molecular complexity index is 247. The average Bonchev–Trinajstić information content (AvgIpc) is 2.65. The van der Waals surface area contributed by atoms with E-state index in [2.05, 4.69) is 13.8 Å². The summed E-state index contributed by atoms with van der Waals surface area (Å²) in [6, 6.07) is 0. The van der Waals surface area contributed by atoms with Crippen LogP contribution in [0.5, 0.6) is 0 Å². The van der Waals surface area contributed by atoms with Gasteiger partial charge in [-0.2, -0.15) is 0 Å². The molecule has 0 heterocycles. The number of hydrogen-bond donors (Lipinski definition) is 0. The number of ether oxygens (including phenoxy) is 2. The average molecular weight is 198 g/mol. The van der Waals surface area contributed by atoms with E-state index in [-0.39, 0.29) is 18.7 Å². The van der Waals surface area contributed by atoms with Gasteiger partial charge in [-0.3, -0.25) is 4.79 Å². The summed E-state index contributed by atoms with van der Waals surface area (Å²) in [6.45, 7) is 4.72. The van der Waals surface area contributed by atoms with E-state index in [0.717, 1.165) is 6.42 Å². The standard InChI is InChI=1S/C11H18O3/c1-11(2)7-4-9(12)10(5-8(7)11)14-6-13-3/h7-8,10H,4-6H2,1-3H3/t7-,8+,10-/m1/s1. The number of carbonyl (C=O) groups is 1. The van der Waals surface area contributed by atoms with E-state index < -0.39 is 0 Å². The van der Waals surface area contributed by atoms with E-state index in [4.69, 9.17) is 9.47 Å². The molecule has 0 unspecified atom stereocenters. The molecule has 0 N–H and O–H groups in total. The zero-order chi connectivity index (χ0) is 10.3. The minimum atomic E-state index is -0.210. The summed E-state index contributed by atoms with van der Waals surface area (Å²) in [7, 11) is 1.58. The van der Waals surface area contributed by atoms with Crippen molar-refractivity contribution in [1.29, 1.82) is 0 Å². The van der Waals surface area contributed by atoms with Crippen molar-refractivity contribution in [3.63, 3.8) is 0 Å². The molecule has 0 aliphatic heterocycles. The molecular formula is C11H18O3. The van der Waals surface area contributed by atoms with Crippen LogP contribution in [-0.4, -0.2) is 25.8 Å². The summed E-state index contributed by atoms with van der Waals surface area (Å²) >= 11 is 0. The molecule has 0 bridgehead atoms. The molecule has 0 radical (unpaired) electrons. The lowest BCUT2D eigenvalue weighted by Crippen LogP contribution is -2.29. The van der Waals surface area contributed by atoms with E-state index in [9.17, 15) is 4.79 Å². The number of ketones is 1. The first-order chi connectivity index (χ1) is 6.57. The highest BCUT2D eigenvalue weighted by molar-refractivity contribution is 5.85. The third-order valence-corrected chi connectivity index (χ3v) is 3.92. The molecule has 2 fully saturated rings. The van der Waals surface area contributed by atoms with E-state index in [1.165, 1.54) is 0 Å². The Kier molecular flexibility index (Phi) is 2.40. The Morgan fingerprint density at radius 3 is 2.79 bits per heavy atom. The fraction of sp³-hybridized carbons (Fsp3) is 0.909. The predicted molar refractivity (Wildman–Crippen MR) is 51.8 cm³/mol. The number of fused-ring (bicyclic) bond motifs is 1. The molecule has 2 saturated carbocycles. The van der Waals surface area contributed by atoms with Crippen LogP contribution in [0.3, 0.4) is 0 Å². The Labute approximate surface area is 84.8 Å². The first-order valence-electron chi connectivity index (χ1n) is 5.20. The van der Waals surface area contributed by atoms with E-state index >= 15 is 0 Å². The molecule has 0 aromatic rings. The van der Waals surface area contributed by atoms with Gasteiger partial charge in [-0.25, -0.2) is 0 Å². The van der Waals surface area contributed by atoms with Crippen molar-refractivity contribution < 1.29 is 14.3 Å². The second-order valence-corrected chi connectivity index (χ2v) is 5.00. The Balaban J connectivity index is 1.93. The molecule has 3 heteroatoms. The van der Waals surface area contributed by atoms with Gasteiger partial charge < -0.3 is 9.47 Å². The zero-order valence-corrected chi connectivity index (χ0v) is 9.08. The summed E-state index contributed by atoms with van der Waals surface area (Å²) in [5, 5.41) is 0. The smallest absolute Gasteiger partial charge is 0.161 e. The third kappa shape index (κ3) is 1.48. The maximum absolute atomic E-state index is 11.6. The van der Waals surface area contributed by atoms with Crippen molar-refractivity contribution >= 4 is 5.78 Å². The van der Waals surface area contributed by atoms with Gasteiger partial charge in [0.05, 0.1) is 0 Å². The van der Waals surface area contributed by atoms with Crippen molar-refractivity contribution in [2.75, 3.05) is 13.9 Å². The van der Waals surface area contributed by atoms with Gasteiger partial charge in [0.1, 0.15) is 12.9 Å². The van der Waals surface area contributed by atoms with E-state index in [0.29, 0.717) is 23.7 Å². The number of methoxy groups -OCH3 is 1. The quantitative estimate of drug-likeness (QED) is 0.646. The highest BCUT2D eigenvalue weighted by atomic mass is 16.7. The lowest BCUT2D eigenvalue weighted by atomic mass is 9.96. The van der Waals surface area contributed by atoms with Gasteiger partial charge in [0.25, 0.3) is 0 Å². The van der Waals surface area contributed by atoms with Crippen molar-refractivity contribution in [2.24, 2.45) is 17.3 Å². The summed E-state index contributed by atoms with van der Waals surface area (Å²) in [5.74, 6) is 1.55. The van der Waals surface area contributed by atoms with Crippen LogP contribution >= 0.6 is 0 Å². The number of hydrogen-bond acceptors (Lipinski definition) is 3. The molecule has 2 rings (SSSR count). The second-order valence-electron chi connectivity index (χ2n) is 5.00. The number of carbonyl (C=O) groups excluding carboxylic acids is 1. The third-order valence-electron chi connectivity index (χ3n) is 3.92. The Morgan fingerprint density at radius 1 is 1.43 bits per heavy atom. The van der Waals surface area contributed by atoms with Crippen LogP contribution in [0.25, 0.3) is 0 Å². The van der Waals surface area contributed by atoms with Crippen LogP contribution in [-0.2, 0) is 14.3 Å². The van der Waals surface area contributed by atoms with Gasteiger partial charge in [-0.05, 0) is 23.7 Å². The topological polar surface area (TPSA) is 35.5 Å². The predicted octanol–water partition coefficient (Wildman–Crippen LogP) is 1.61. The molecule has 2 aliphatic carbocycles. The molecule has 0 saturated heterocycles. The summed E-state index contributed by atoms with van der Waals surface area (Å²) < 4.78 is 10.2. The maximum atomic E-state index is 11.6. The monoisotopic (exact) mass is 198 g/mol. The second kappa shape index (κ2) is 3.31. The molecule has 0 amide bonds. The fourth-order valence-electron chi connectivity index (χ4n) is 2.75. The highest BCUT2D eigenvalue weighted by Crippen LogP contribution is 2.64. The molecule has 0 aromatic carbocycles. The SMILES string of the molecule is COCO[C@@H]1C[C@H]2[C@@H](CC1=O)C2(C)C. The van der Waals surface area contributed by atoms with Crippen LogP contribution in [0.2, 0.25) is 0 Å². The van der Waals surface area contributed by atoms with E-state index in [1.807, 2.05) is 0 Å². The highest BCUT2D eigenvalue weighted by Gasteiger charge is 2.61. The van der Waals surface area contributed by atoms with Crippen molar-refractivity contribution in [3.05, 3.63) is 0 Å². The van der Waals surface area contributed by atoms with Crippen LogP contribution in [0.4, 0.5) is 0 Å². The summed E-state index contributed by atoms with van der Waals surface area (Å²) in [5.41, 5.74) is 0.362. The minimum Gasteiger partial charge on any atom is -0.359 e. The summed E-state index contributed by atoms with van der Waals surface area (Å²) in [6.07, 6.45) is 1.38. The number of Topliss-reactive ketones (excluding diaryl/α,β-unsaturated/α-hetero) is 1. The Morgan fingerprint density at radius 2 is 2.14 bits per heavy atom. The lowest BCUT2D eigenvalue weighted by molar-refractivity contribution is -0.143. The minimum absolute atomic E-state index is 0.210. The molecule has 0 aromatic heterocycles. The van der Waals surface area contributed by atoms with Gasteiger partial charge in [-0.15, -0.1) is 0 Å². The normalized spacial score (nSPS) is 39.4. The molecule has 14 heavy (non-hydrogen) atoms. The molecule has 3 atom stereocenters. The Hall–Kier alpha value is -0.410. The van der Waals surface area contributed by atoms with E-state index in [1.54, 1.807) is 7.11 Å². The molecule has 2 aliphatic rings. The first kappa shape index (κ1) is 10.1. The molecule has 3 nitrogen and oxygen atoms in total. The fourth-order valence-corrected chi connectivity index (χ4v) is 2.75. The number of rotatable bonds is 3. The van der Waals surface area contributed by atoms with Crippen LogP contribution in [0.1, 0.15) is 26.7 Å². The van der Waals surface area contributed by atoms with Gasteiger partial charge in [0.15, 0.2) is 5.78 Å². The van der Waals surface area contributed by atoms with Crippen molar-refractivity contribution in [1.82, 2.24) is 0 Å². The van der Waals surface area contributed by atoms with Gasteiger partial charge in [0, 0.05) is 13.5 Å². The molecule has 80 valence electrons. The van der Waals surface area contributed by atoms with Crippen LogP contribution in [0.15, 0.2) is 0 Å². The maximum Gasteiger partial charge on any atom is 0.161 e.